The molecule has 94 valence electrons. The Hall–Kier alpha value is -1.87. The van der Waals surface area contributed by atoms with Gasteiger partial charge in [0.25, 0.3) is 0 Å². The molecule has 3 heteroatoms. The molecule has 0 amide bonds. The van der Waals surface area contributed by atoms with Gasteiger partial charge in [0, 0.05) is 16.1 Å². The van der Waals surface area contributed by atoms with Gasteiger partial charge in [0.15, 0.2) is 5.43 Å². The minimum atomic E-state index is -0.0295. The predicted molar refractivity (Wildman–Crippen MR) is 80.4 cm³/mol. The van der Waals surface area contributed by atoms with Crippen LogP contribution in [0.3, 0.4) is 0 Å². The van der Waals surface area contributed by atoms with Crippen molar-refractivity contribution in [2.75, 3.05) is 0 Å². The largest absolute Gasteiger partial charge is 0.456 e. The first-order chi connectivity index (χ1) is 9.13. The smallest absolute Gasteiger partial charge is 0.193 e. The highest BCUT2D eigenvalue weighted by Crippen LogP contribution is 2.24. The minimum absolute atomic E-state index is 0.0295. The Bertz CT molecular complexity index is 801. The summed E-state index contributed by atoms with van der Waals surface area (Å²) < 4.78 is 6.67. The lowest BCUT2D eigenvalue weighted by molar-refractivity contribution is 0.619. The number of benzene rings is 2. The van der Waals surface area contributed by atoms with E-state index in [1.807, 2.05) is 37.3 Å². The van der Waals surface area contributed by atoms with E-state index in [9.17, 15) is 4.79 Å². The van der Waals surface area contributed by atoms with E-state index < -0.39 is 0 Å². The second-order valence-electron chi connectivity index (χ2n) is 4.48. The number of halogens is 1. The van der Waals surface area contributed by atoms with Gasteiger partial charge in [-0.2, -0.15) is 0 Å². The molecule has 0 atom stereocenters. The molecule has 0 saturated heterocycles. The lowest BCUT2D eigenvalue weighted by atomic mass is 10.1. The van der Waals surface area contributed by atoms with Gasteiger partial charge < -0.3 is 4.42 Å². The molecule has 2 nitrogen and oxygen atoms in total. The van der Waals surface area contributed by atoms with Crippen LogP contribution in [0.2, 0.25) is 0 Å². The van der Waals surface area contributed by atoms with E-state index in [-0.39, 0.29) is 5.43 Å². The Labute approximate surface area is 118 Å². The first kappa shape index (κ1) is 12.2. The summed E-state index contributed by atoms with van der Waals surface area (Å²) in [6.45, 7) is 2.03. The molecular formula is C16H11BrO2. The molecule has 0 N–H and O–H groups in total. The van der Waals surface area contributed by atoms with E-state index in [1.165, 1.54) is 5.56 Å². The highest BCUT2D eigenvalue weighted by molar-refractivity contribution is 9.10. The van der Waals surface area contributed by atoms with Crippen molar-refractivity contribution < 1.29 is 4.42 Å². The van der Waals surface area contributed by atoms with Crippen LogP contribution >= 0.6 is 15.9 Å². The van der Waals surface area contributed by atoms with E-state index in [0.717, 1.165) is 10.0 Å². The summed E-state index contributed by atoms with van der Waals surface area (Å²) in [5, 5.41) is 0.588. The van der Waals surface area contributed by atoms with Crippen LogP contribution in [0.15, 0.2) is 62.2 Å². The Morgan fingerprint density at radius 2 is 1.74 bits per heavy atom. The summed E-state index contributed by atoms with van der Waals surface area (Å²) in [6.07, 6.45) is 0. The maximum atomic E-state index is 12.1. The van der Waals surface area contributed by atoms with Crippen LogP contribution < -0.4 is 5.43 Å². The molecule has 0 aliphatic carbocycles. The fraction of sp³-hybridized carbons (Fsp3) is 0.0625. The Balaban J connectivity index is 2.24. The van der Waals surface area contributed by atoms with Crippen LogP contribution in [0.4, 0.5) is 0 Å². The van der Waals surface area contributed by atoms with E-state index in [0.29, 0.717) is 16.7 Å². The lowest BCUT2D eigenvalue weighted by Crippen LogP contribution is -2.00. The van der Waals surface area contributed by atoms with E-state index in [1.54, 1.807) is 18.2 Å². The van der Waals surface area contributed by atoms with Crippen molar-refractivity contribution in [2.45, 2.75) is 6.92 Å². The van der Waals surface area contributed by atoms with Crippen molar-refractivity contribution in [3.05, 3.63) is 68.8 Å². The van der Waals surface area contributed by atoms with Crippen LogP contribution in [0.1, 0.15) is 5.56 Å². The van der Waals surface area contributed by atoms with Crippen molar-refractivity contribution in [3.63, 3.8) is 0 Å². The molecule has 0 aliphatic rings. The topological polar surface area (TPSA) is 30.2 Å². The quantitative estimate of drug-likeness (QED) is 0.660. The predicted octanol–water partition coefficient (Wildman–Crippen LogP) is 4.53. The molecule has 2 aromatic carbocycles. The molecule has 0 fully saturated rings. The van der Waals surface area contributed by atoms with Crippen molar-refractivity contribution in [1.29, 1.82) is 0 Å². The number of fused-ring (bicyclic) bond motifs is 1. The molecule has 0 radical (unpaired) electrons. The average Bonchev–Trinajstić information content (AvgIpc) is 2.40. The summed E-state index contributed by atoms with van der Waals surface area (Å²) in [6, 6.07) is 14.9. The van der Waals surface area contributed by atoms with Crippen molar-refractivity contribution in [1.82, 2.24) is 0 Å². The molecule has 3 aromatic rings. The van der Waals surface area contributed by atoms with Gasteiger partial charge in [0.05, 0.1) is 5.39 Å². The molecule has 0 saturated carbocycles. The molecule has 1 heterocycles. The third-order valence-electron chi connectivity index (χ3n) is 3.03. The number of hydrogen-bond donors (Lipinski definition) is 0. The van der Waals surface area contributed by atoms with Crippen LogP contribution in [0, 0.1) is 6.92 Å². The van der Waals surface area contributed by atoms with Gasteiger partial charge >= 0.3 is 0 Å². The third-order valence-corrected chi connectivity index (χ3v) is 3.52. The van der Waals surface area contributed by atoms with E-state index in [2.05, 4.69) is 15.9 Å². The summed E-state index contributed by atoms with van der Waals surface area (Å²) in [4.78, 5) is 12.1. The van der Waals surface area contributed by atoms with Crippen LogP contribution in [-0.2, 0) is 0 Å². The molecule has 3 rings (SSSR count). The van der Waals surface area contributed by atoms with Gasteiger partial charge in [-0.1, -0.05) is 45.8 Å². The first-order valence-electron chi connectivity index (χ1n) is 5.94. The zero-order valence-electron chi connectivity index (χ0n) is 10.3. The van der Waals surface area contributed by atoms with Crippen LogP contribution in [-0.4, -0.2) is 0 Å². The molecule has 0 unspecified atom stereocenters. The fourth-order valence-corrected chi connectivity index (χ4v) is 2.35. The normalized spacial score (nSPS) is 10.8. The summed E-state index contributed by atoms with van der Waals surface area (Å²) in [5.41, 5.74) is 2.66. The first-order valence-corrected chi connectivity index (χ1v) is 6.73. The van der Waals surface area contributed by atoms with Gasteiger partial charge in [0.2, 0.25) is 0 Å². The highest BCUT2D eigenvalue weighted by Gasteiger charge is 2.07. The second kappa shape index (κ2) is 4.67. The van der Waals surface area contributed by atoms with Crippen LogP contribution in [0.5, 0.6) is 0 Å². The van der Waals surface area contributed by atoms with Gasteiger partial charge in [-0.3, -0.25) is 4.79 Å². The highest BCUT2D eigenvalue weighted by atomic mass is 79.9. The molecule has 19 heavy (non-hydrogen) atoms. The molecule has 0 aliphatic heterocycles. The maximum absolute atomic E-state index is 12.1. The standard InChI is InChI=1S/C16H11BrO2/c1-10-2-4-11(5-3-10)16-9-14(18)13-8-12(17)6-7-15(13)19-16/h2-9H,1H3. The van der Waals surface area contributed by atoms with Crippen molar-refractivity contribution in [2.24, 2.45) is 0 Å². The minimum Gasteiger partial charge on any atom is -0.456 e. The zero-order chi connectivity index (χ0) is 13.4. The van der Waals surface area contributed by atoms with Crippen molar-refractivity contribution >= 4 is 26.9 Å². The maximum Gasteiger partial charge on any atom is 0.193 e. The SMILES string of the molecule is Cc1ccc(-c2cc(=O)c3cc(Br)ccc3o2)cc1. The van der Waals surface area contributed by atoms with Gasteiger partial charge in [-0.15, -0.1) is 0 Å². The Morgan fingerprint density at radius 1 is 1.00 bits per heavy atom. The Kier molecular flexibility index (Phi) is 2.99. The summed E-state index contributed by atoms with van der Waals surface area (Å²) in [7, 11) is 0. The third kappa shape index (κ3) is 2.34. The number of hydrogen-bond acceptors (Lipinski definition) is 2. The molecule has 0 bridgehead atoms. The second-order valence-corrected chi connectivity index (χ2v) is 5.40. The number of rotatable bonds is 1. The van der Waals surface area contributed by atoms with Crippen molar-refractivity contribution in [3.8, 4) is 11.3 Å². The van der Waals surface area contributed by atoms with Gasteiger partial charge in [-0.25, -0.2) is 0 Å². The molecule has 1 aromatic heterocycles. The monoisotopic (exact) mass is 314 g/mol. The summed E-state index contributed by atoms with van der Waals surface area (Å²) >= 11 is 3.36. The van der Waals surface area contributed by atoms with Crippen LogP contribution in [0.25, 0.3) is 22.3 Å². The van der Waals surface area contributed by atoms with E-state index >= 15 is 0 Å². The zero-order valence-corrected chi connectivity index (χ0v) is 11.9. The van der Waals surface area contributed by atoms with E-state index in [4.69, 9.17) is 4.42 Å². The Morgan fingerprint density at radius 3 is 2.47 bits per heavy atom. The number of aryl methyl sites for hydroxylation is 1. The molecule has 0 spiro atoms. The summed E-state index contributed by atoms with van der Waals surface area (Å²) in [5.74, 6) is 0.597. The molecular weight excluding hydrogens is 304 g/mol. The fourth-order valence-electron chi connectivity index (χ4n) is 1.99. The van der Waals surface area contributed by atoms with Gasteiger partial charge in [0.1, 0.15) is 11.3 Å². The lowest BCUT2D eigenvalue weighted by Gasteiger charge is -2.04. The van der Waals surface area contributed by atoms with Gasteiger partial charge in [-0.05, 0) is 25.1 Å². The average molecular weight is 315 g/mol.